The largest absolute Gasteiger partial charge is 0.469 e. The van der Waals surface area contributed by atoms with E-state index >= 15 is 0 Å². The monoisotopic (exact) mass is 258 g/mol. The normalized spacial score (nSPS) is 12.0. The average molecular weight is 259 g/mol. The zero-order chi connectivity index (χ0) is 13.0. The Balaban J connectivity index is 2.80. The second kappa shape index (κ2) is 5.67. The molecule has 1 heterocycles. The molecule has 0 saturated heterocycles. The molecule has 6 nitrogen and oxygen atoms in total. The molecule has 1 rings (SSSR count). The zero-order valence-electron chi connectivity index (χ0n) is 9.98. The van der Waals surface area contributed by atoms with Crippen LogP contribution >= 0.6 is 11.6 Å². The van der Waals surface area contributed by atoms with E-state index in [4.69, 9.17) is 17.3 Å². The molecule has 0 fully saturated rings. The van der Waals surface area contributed by atoms with Gasteiger partial charge in [-0.1, -0.05) is 18.5 Å². The van der Waals surface area contributed by atoms with Crippen molar-refractivity contribution in [3.8, 4) is 0 Å². The first-order valence-electron chi connectivity index (χ1n) is 5.02. The molecular formula is C10H15ClN4O2. The number of nitrogens with two attached hydrogens (primary N) is 1. The summed E-state index contributed by atoms with van der Waals surface area (Å²) in [6.45, 7) is 2.20. The van der Waals surface area contributed by atoms with E-state index in [0.717, 1.165) is 0 Å². The molecule has 94 valence electrons. The number of hydrogen-bond donors (Lipinski definition) is 1. The second-order valence-electron chi connectivity index (χ2n) is 3.71. The molecule has 2 N–H and O–H groups in total. The van der Waals surface area contributed by atoms with E-state index in [-0.39, 0.29) is 17.0 Å². The Bertz CT molecular complexity index is 413. The number of ether oxygens (including phenoxy) is 1. The van der Waals surface area contributed by atoms with Crippen LogP contribution in [0.15, 0.2) is 6.33 Å². The molecule has 1 unspecified atom stereocenters. The third-order valence-corrected chi connectivity index (χ3v) is 2.63. The Morgan fingerprint density at radius 1 is 1.65 bits per heavy atom. The number of nitrogen functional groups attached to an aromatic ring is 1. The van der Waals surface area contributed by atoms with Gasteiger partial charge in [0.15, 0.2) is 11.0 Å². The first-order chi connectivity index (χ1) is 7.97. The molecule has 0 saturated carbocycles. The maximum atomic E-state index is 11.3. The lowest BCUT2D eigenvalue weighted by Gasteiger charge is -2.22. The van der Waals surface area contributed by atoms with Crippen LogP contribution in [0.5, 0.6) is 0 Å². The summed E-state index contributed by atoms with van der Waals surface area (Å²) in [5.74, 6) is -0.0607. The number of hydrogen-bond acceptors (Lipinski definition) is 6. The number of anilines is 2. The Hall–Kier alpha value is -1.56. The molecule has 0 spiro atoms. The molecule has 0 bridgehead atoms. The number of esters is 1. The molecule has 0 amide bonds. The molecular weight excluding hydrogens is 244 g/mol. The zero-order valence-corrected chi connectivity index (χ0v) is 10.7. The molecule has 0 aliphatic rings. The Morgan fingerprint density at radius 3 is 2.88 bits per heavy atom. The lowest BCUT2D eigenvalue weighted by atomic mass is 10.2. The number of rotatable bonds is 4. The van der Waals surface area contributed by atoms with Gasteiger partial charge >= 0.3 is 5.97 Å². The highest BCUT2D eigenvalue weighted by atomic mass is 35.5. The predicted octanol–water partition coefficient (Wildman–Crippen LogP) is 0.957. The van der Waals surface area contributed by atoms with E-state index in [1.165, 1.54) is 13.4 Å². The number of halogens is 1. The second-order valence-corrected chi connectivity index (χ2v) is 4.06. The van der Waals surface area contributed by atoms with Crippen LogP contribution in [0.3, 0.4) is 0 Å². The lowest BCUT2D eigenvalue weighted by Crippen LogP contribution is -2.30. The van der Waals surface area contributed by atoms with Crippen LogP contribution < -0.4 is 10.6 Å². The van der Waals surface area contributed by atoms with Crippen molar-refractivity contribution in [3.05, 3.63) is 11.5 Å². The van der Waals surface area contributed by atoms with Gasteiger partial charge in [-0.2, -0.15) is 0 Å². The van der Waals surface area contributed by atoms with Crippen LogP contribution in [0.25, 0.3) is 0 Å². The van der Waals surface area contributed by atoms with Gasteiger partial charge < -0.3 is 15.4 Å². The highest BCUT2D eigenvalue weighted by Gasteiger charge is 2.18. The van der Waals surface area contributed by atoms with E-state index in [9.17, 15) is 4.79 Å². The minimum atomic E-state index is -0.282. The summed E-state index contributed by atoms with van der Waals surface area (Å²) in [7, 11) is 3.13. The molecule has 0 aliphatic carbocycles. The van der Waals surface area contributed by atoms with E-state index < -0.39 is 0 Å². The van der Waals surface area contributed by atoms with E-state index in [0.29, 0.717) is 18.1 Å². The summed E-state index contributed by atoms with van der Waals surface area (Å²) in [6, 6.07) is 0. The van der Waals surface area contributed by atoms with Crippen LogP contribution in [0.2, 0.25) is 5.15 Å². The first kappa shape index (κ1) is 13.5. The van der Waals surface area contributed by atoms with Gasteiger partial charge in [0.2, 0.25) is 0 Å². The van der Waals surface area contributed by atoms with Crippen molar-refractivity contribution in [2.75, 3.05) is 31.3 Å². The lowest BCUT2D eigenvalue weighted by molar-refractivity contribution is -0.144. The molecule has 17 heavy (non-hydrogen) atoms. The van der Waals surface area contributed by atoms with Crippen molar-refractivity contribution in [2.45, 2.75) is 6.92 Å². The van der Waals surface area contributed by atoms with Crippen molar-refractivity contribution in [1.29, 1.82) is 0 Å². The Labute approximate surface area is 105 Å². The van der Waals surface area contributed by atoms with Gasteiger partial charge in [0.25, 0.3) is 0 Å². The molecule has 1 aromatic heterocycles. The molecule has 0 aliphatic heterocycles. The third kappa shape index (κ3) is 3.20. The maximum Gasteiger partial charge on any atom is 0.310 e. The van der Waals surface area contributed by atoms with Gasteiger partial charge in [-0.3, -0.25) is 4.79 Å². The van der Waals surface area contributed by atoms with Crippen LogP contribution in [0.1, 0.15) is 6.92 Å². The minimum Gasteiger partial charge on any atom is -0.469 e. The average Bonchev–Trinajstić information content (AvgIpc) is 2.31. The topological polar surface area (TPSA) is 81.3 Å². The van der Waals surface area contributed by atoms with Crippen LogP contribution in [0, 0.1) is 5.92 Å². The summed E-state index contributed by atoms with van der Waals surface area (Å²) in [4.78, 5) is 20.8. The standard InChI is InChI=1S/C10H15ClN4O2/c1-6(10(16)17-3)4-15(2)9-7(12)8(11)13-5-14-9/h5-6H,4,12H2,1-3H3. The fourth-order valence-corrected chi connectivity index (χ4v) is 1.57. The molecule has 1 atom stereocenters. The van der Waals surface area contributed by atoms with Gasteiger partial charge in [-0.05, 0) is 0 Å². The molecule has 0 aromatic carbocycles. The van der Waals surface area contributed by atoms with Gasteiger partial charge in [-0.15, -0.1) is 0 Å². The van der Waals surface area contributed by atoms with E-state index in [1.54, 1.807) is 18.9 Å². The number of methoxy groups -OCH3 is 1. The smallest absolute Gasteiger partial charge is 0.310 e. The van der Waals surface area contributed by atoms with Gasteiger partial charge in [0.05, 0.1) is 13.0 Å². The van der Waals surface area contributed by atoms with E-state index in [2.05, 4.69) is 14.7 Å². The minimum absolute atomic E-state index is 0.201. The maximum absolute atomic E-state index is 11.3. The SMILES string of the molecule is COC(=O)C(C)CN(C)c1ncnc(Cl)c1N. The van der Waals surface area contributed by atoms with Crippen molar-refractivity contribution >= 4 is 29.1 Å². The van der Waals surface area contributed by atoms with Crippen molar-refractivity contribution in [3.63, 3.8) is 0 Å². The highest BCUT2D eigenvalue weighted by Crippen LogP contribution is 2.25. The van der Waals surface area contributed by atoms with Crippen molar-refractivity contribution < 1.29 is 9.53 Å². The Kier molecular flexibility index (Phi) is 4.51. The number of aromatic nitrogens is 2. The summed E-state index contributed by atoms with van der Waals surface area (Å²) in [5, 5.41) is 0.201. The quantitative estimate of drug-likeness (QED) is 0.640. The number of nitrogens with zero attached hydrogens (tertiary/aromatic N) is 3. The third-order valence-electron chi connectivity index (χ3n) is 2.33. The summed E-state index contributed by atoms with van der Waals surface area (Å²) in [5.41, 5.74) is 6.05. The molecule has 7 heteroatoms. The fourth-order valence-electron chi connectivity index (χ4n) is 1.44. The van der Waals surface area contributed by atoms with Crippen LogP contribution in [-0.4, -0.2) is 36.6 Å². The van der Waals surface area contributed by atoms with E-state index in [1.807, 2.05) is 0 Å². The Morgan fingerprint density at radius 2 is 2.29 bits per heavy atom. The van der Waals surface area contributed by atoms with Gasteiger partial charge in [0.1, 0.15) is 12.0 Å². The first-order valence-corrected chi connectivity index (χ1v) is 5.40. The molecule has 1 aromatic rings. The highest BCUT2D eigenvalue weighted by molar-refractivity contribution is 6.32. The number of carbonyl (C=O) groups is 1. The van der Waals surface area contributed by atoms with Crippen molar-refractivity contribution in [1.82, 2.24) is 9.97 Å². The summed E-state index contributed by atoms with van der Waals surface area (Å²) >= 11 is 5.79. The van der Waals surface area contributed by atoms with Gasteiger partial charge in [-0.25, -0.2) is 9.97 Å². The van der Waals surface area contributed by atoms with Gasteiger partial charge in [0, 0.05) is 13.6 Å². The number of carbonyl (C=O) groups excluding carboxylic acids is 1. The molecule has 0 radical (unpaired) electrons. The predicted molar refractivity (Wildman–Crippen MR) is 65.9 cm³/mol. The fraction of sp³-hybridized carbons (Fsp3) is 0.500. The summed E-state index contributed by atoms with van der Waals surface area (Å²) < 4.78 is 4.65. The van der Waals surface area contributed by atoms with Crippen LogP contribution in [-0.2, 0) is 9.53 Å². The summed E-state index contributed by atoms with van der Waals surface area (Å²) in [6.07, 6.45) is 1.33. The van der Waals surface area contributed by atoms with Crippen molar-refractivity contribution in [2.24, 2.45) is 5.92 Å². The van der Waals surface area contributed by atoms with Crippen LogP contribution in [0.4, 0.5) is 11.5 Å².